The molecule has 0 spiro atoms. The quantitative estimate of drug-likeness (QED) is 0.620. The number of halogens is 1. The van der Waals surface area contributed by atoms with Crippen LogP contribution in [0, 0.1) is 15.9 Å². The van der Waals surface area contributed by atoms with E-state index in [1.165, 1.54) is 24.5 Å². The van der Waals surface area contributed by atoms with Gasteiger partial charge in [-0.3, -0.25) is 15.2 Å². The molecule has 0 saturated heterocycles. The molecule has 1 aromatic carbocycles. The van der Waals surface area contributed by atoms with Crippen molar-refractivity contribution in [3.05, 3.63) is 46.3 Å². The number of nitro groups is 1. The molecular formula is C10H10FN5O2. The fraction of sp³-hybridized carbons (Fsp3) is 0.200. The Bertz CT molecular complexity index is 543. The first-order chi connectivity index (χ1) is 8.68. The zero-order valence-electron chi connectivity index (χ0n) is 9.26. The lowest BCUT2D eigenvalue weighted by Crippen LogP contribution is -2.09. The van der Waals surface area contributed by atoms with Gasteiger partial charge in [0.05, 0.1) is 4.92 Å². The second-order valence-corrected chi connectivity index (χ2v) is 3.50. The van der Waals surface area contributed by atoms with Crippen LogP contribution in [-0.2, 0) is 6.42 Å². The molecule has 1 heterocycles. The fourth-order valence-corrected chi connectivity index (χ4v) is 1.50. The number of aromatic nitrogens is 3. The van der Waals surface area contributed by atoms with Crippen LogP contribution in [0.1, 0.15) is 5.82 Å². The number of nitrogens with one attached hydrogen (secondary N) is 2. The van der Waals surface area contributed by atoms with Crippen molar-refractivity contribution in [3.8, 4) is 0 Å². The van der Waals surface area contributed by atoms with E-state index < -0.39 is 10.7 Å². The van der Waals surface area contributed by atoms with E-state index in [2.05, 4.69) is 20.5 Å². The highest BCUT2D eigenvalue weighted by Gasteiger charge is 2.17. The highest BCUT2D eigenvalue weighted by molar-refractivity contribution is 5.62. The normalized spacial score (nSPS) is 10.3. The van der Waals surface area contributed by atoms with Gasteiger partial charge in [-0.25, -0.2) is 9.37 Å². The van der Waals surface area contributed by atoms with Gasteiger partial charge in [0.15, 0.2) is 5.82 Å². The maximum atomic E-state index is 13.5. The molecule has 2 aromatic rings. The highest BCUT2D eigenvalue weighted by Crippen LogP contribution is 2.26. The molecule has 0 bridgehead atoms. The molecule has 0 fully saturated rings. The summed E-state index contributed by atoms with van der Waals surface area (Å²) < 4.78 is 13.5. The number of benzene rings is 1. The molecule has 8 heteroatoms. The van der Waals surface area contributed by atoms with Gasteiger partial charge in [0.2, 0.25) is 0 Å². The SMILES string of the molecule is O=[N+]([O-])c1cccc(F)c1NCCc1ncn[nH]1. The molecule has 0 saturated carbocycles. The zero-order chi connectivity index (χ0) is 13.0. The Balaban J connectivity index is 2.06. The van der Waals surface area contributed by atoms with E-state index in [9.17, 15) is 14.5 Å². The van der Waals surface area contributed by atoms with Gasteiger partial charge >= 0.3 is 0 Å². The number of para-hydroxylation sites is 1. The molecule has 7 nitrogen and oxygen atoms in total. The second kappa shape index (κ2) is 5.21. The molecule has 0 aliphatic heterocycles. The van der Waals surface area contributed by atoms with Crippen LogP contribution in [0.25, 0.3) is 0 Å². The summed E-state index contributed by atoms with van der Waals surface area (Å²) in [6.45, 7) is 0.316. The Morgan fingerprint density at radius 2 is 2.33 bits per heavy atom. The lowest BCUT2D eigenvalue weighted by molar-refractivity contribution is -0.384. The van der Waals surface area contributed by atoms with E-state index in [0.717, 1.165) is 0 Å². The third-order valence-electron chi connectivity index (χ3n) is 2.32. The number of hydrogen-bond acceptors (Lipinski definition) is 5. The van der Waals surface area contributed by atoms with E-state index >= 15 is 0 Å². The fourth-order valence-electron chi connectivity index (χ4n) is 1.50. The molecule has 18 heavy (non-hydrogen) atoms. The first-order valence-corrected chi connectivity index (χ1v) is 5.19. The van der Waals surface area contributed by atoms with E-state index in [1.54, 1.807) is 0 Å². The number of rotatable bonds is 5. The van der Waals surface area contributed by atoms with Crippen molar-refractivity contribution in [3.63, 3.8) is 0 Å². The zero-order valence-corrected chi connectivity index (χ0v) is 9.26. The van der Waals surface area contributed by atoms with E-state index in [1.807, 2.05) is 0 Å². The van der Waals surface area contributed by atoms with Gasteiger partial charge in [-0.15, -0.1) is 0 Å². The Morgan fingerprint density at radius 1 is 1.50 bits per heavy atom. The van der Waals surface area contributed by atoms with Crippen LogP contribution in [0.2, 0.25) is 0 Å². The van der Waals surface area contributed by atoms with Crippen molar-refractivity contribution in [1.82, 2.24) is 15.2 Å². The Hall–Kier alpha value is -2.51. The second-order valence-electron chi connectivity index (χ2n) is 3.50. The van der Waals surface area contributed by atoms with Gasteiger partial charge in [-0.1, -0.05) is 6.07 Å². The summed E-state index contributed by atoms with van der Waals surface area (Å²) in [4.78, 5) is 14.0. The van der Waals surface area contributed by atoms with Crippen LogP contribution in [0.3, 0.4) is 0 Å². The summed E-state index contributed by atoms with van der Waals surface area (Å²) in [6, 6.07) is 3.72. The molecule has 0 unspecified atom stereocenters. The highest BCUT2D eigenvalue weighted by atomic mass is 19.1. The van der Waals surface area contributed by atoms with E-state index in [0.29, 0.717) is 18.8 Å². The number of nitro benzene ring substituents is 1. The number of aromatic amines is 1. The summed E-state index contributed by atoms with van der Waals surface area (Å²) in [5.74, 6) is -0.0248. The number of nitrogens with zero attached hydrogens (tertiary/aromatic N) is 3. The van der Waals surface area contributed by atoms with Gasteiger partial charge in [0.1, 0.15) is 17.8 Å². The van der Waals surface area contributed by atoms with Gasteiger partial charge in [0, 0.05) is 19.0 Å². The van der Waals surface area contributed by atoms with Gasteiger partial charge in [-0.05, 0) is 6.07 Å². The average molecular weight is 251 g/mol. The molecule has 0 aliphatic rings. The molecule has 2 rings (SSSR count). The monoisotopic (exact) mass is 251 g/mol. The van der Waals surface area contributed by atoms with E-state index in [-0.39, 0.29) is 11.4 Å². The van der Waals surface area contributed by atoms with Crippen LogP contribution < -0.4 is 5.32 Å². The number of H-pyrrole nitrogens is 1. The van der Waals surface area contributed by atoms with E-state index in [4.69, 9.17) is 0 Å². The summed E-state index contributed by atoms with van der Waals surface area (Å²) in [7, 11) is 0. The van der Waals surface area contributed by atoms with Crippen LogP contribution >= 0.6 is 0 Å². The first kappa shape index (κ1) is 12.0. The minimum atomic E-state index is -0.651. The molecule has 0 radical (unpaired) electrons. The molecular weight excluding hydrogens is 241 g/mol. The summed E-state index contributed by atoms with van der Waals surface area (Å²) in [5, 5.41) is 19.7. The summed E-state index contributed by atoms with van der Waals surface area (Å²) in [5.41, 5.74) is -0.394. The van der Waals surface area contributed by atoms with Crippen LogP contribution in [0.4, 0.5) is 15.8 Å². The van der Waals surface area contributed by atoms with Crippen molar-refractivity contribution in [2.45, 2.75) is 6.42 Å². The molecule has 1 aromatic heterocycles. The predicted molar refractivity (Wildman–Crippen MR) is 61.6 cm³/mol. The summed E-state index contributed by atoms with van der Waals surface area (Å²) >= 11 is 0. The van der Waals surface area contributed by atoms with Gasteiger partial charge in [0.25, 0.3) is 5.69 Å². The Kier molecular flexibility index (Phi) is 3.46. The minimum absolute atomic E-state index is 0.109. The largest absolute Gasteiger partial charge is 0.377 e. The summed E-state index contributed by atoms with van der Waals surface area (Å²) in [6.07, 6.45) is 1.83. The van der Waals surface area contributed by atoms with Gasteiger partial charge < -0.3 is 5.32 Å². The molecule has 0 amide bonds. The predicted octanol–water partition coefficient (Wildman–Crippen LogP) is 1.51. The average Bonchev–Trinajstić information content (AvgIpc) is 2.84. The molecule has 2 N–H and O–H groups in total. The molecule has 0 aliphatic carbocycles. The Labute approximate surface area is 101 Å². The molecule has 94 valence electrons. The van der Waals surface area contributed by atoms with Crippen molar-refractivity contribution in [2.75, 3.05) is 11.9 Å². The lowest BCUT2D eigenvalue weighted by atomic mass is 10.2. The first-order valence-electron chi connectivity index (χ1n) is 5.19. The number of hydrogen-bond donors (Lipinski definition) is 2. The Morgan fingerprint density at radius 3 is 3.00 bits per heavy atom. The maximum Gasteiger partial charge on any atom is 0.295 e. The molecule has 0 atom stereocenters. The van der Waals surface area contributed by atoms with Crippen LogP contribution in [0.5, 0.6) is 0 Å². The topological polar surface area (TPSA) is 96.7 Å². The van der Waals surface area contributed by atoms with Crippen LogP contribution in [-0.4, -0.2) is 26.6 Å². The third-order valence-corrected chi connectivity index (χ3v) is 2.32. The minimum Gasteiger partial charge on any atom is -0.377 e. The maximum absolute atomic E-state index is 13.5. The van der Waals surface area contributed by atoms with Crippen molar-refractivity contribution < 1.29 is 9.31 Å². The van der Waals surface area contributed by atoms with Crippen molar-refractivity contribution in [2.24, 2.45) is 0 Å². The number of anilines is 1. The van der Waals surface area contributed by atoms with Crippen molar-refractivity contribution >= 4 is 11.4 Å². The smallest absolute Gasteiger partial charge is 0.295 e. The van der Waals surface area contributed by atoms with Crippen LogP contribution in [0.15, 0.2) is 24.5 Å². The standard InChI is InChI=1S/C10H10FN5O2/c11-7-2-1-3-8(16(17)18)10(7)12-5-4-9-13-6-14-15-9/h1-3,6,12H,4-5H2,(H,13,14,15). The third kappa shape index (κ3) is 2.59. The van der Waals surface area contributed by atoms with Gasteiger partial charge in [-0.2, -0.15) is 5.10 Å². The lowest BCUT2D eigenvalue weighted by Gasteiger charge is -2.06. The van der Waals surface area contributed by atoms with Crippen molar-refractivity contribution in [1.29, 1.82) is 0 Å².